The van der Waals surface area contributed by atoms with Crippen LogP contribution in [0.15, 0.2) is 24.3 Å². The van der Waals surface area contributed by atoms with Crippen molar-refractivity contribution in [3.05, 3.63) is 24.3 Å². The van der Waals surface area contributed by atoms with Crippen molar-refractivity contribution in [3.63, 3.8) is 0 Å². The first-order valence-electron chi connectivity index (χ1n) is 5.52. The smallest absolute Gasteiger partial charge is 0.422 e. The average molecular weight is 313 g/mol. The van der Waals surface area contributed by atoms with E-state index in [4.69, 9.17) is 14.1 Å². The van der Waals surface area contributed by atoms with Gasteiger partial charge in [-0.05, 0) is 12.1 Å². The van der Waals surface area contributed by atoms with Crippen molar-refractivity contribution in [2.45, 2.75) is 6.18 Å². The molecule has 1 N–H and O–H groups in total. The predicted molar refractivity (Wildman–Crippen MR) is 66.6 cm³/mol. The molecule has 0 amide bonds. The summed E-state index contributed by atoms with van der Waals surface area (Å²) in [5.74, 6) is 0.208. The molecule has 0 atom stereocenters. The Balaban J connectivity index is 2.41. The molecule has 0 bridgehead atoms. The second-order valence-corrected chi connectivity index (χ2v) is 4.47. The van der Waals surface area contributed by atoms with Crippen molar-refractivity contribution >= 4 is 12.2 Å². The van der Waals surface area contributed by atoms with Crippen LogP contribution in [-0.4, -0.2) is 42.7 Å². The van der Waals surface area contributed by atoms with Gasteiger partial charge in [-0.25, -0.2) is 0 Å². The number of alkyl halides is 3. The van der Waals surface area contributed by atoms with Crippen LogP contribution in [0.4, 0.5) is 13.2 Å². The summed E-state index contributed by atoms with van der Waals surface area (Å²) in [6.45, 7) is -1.13. The molecule has 0 heterocycles. The van der Waals surface area contributed by atoms with Gasteiger partial charge in [-0.15, -0.1) is 4.47 Å². The summed E-state index contributed by atoms with van der Waals surface area (Å²) in [7, 11) is 1.38. The highest BCUT2D eigenvalue weighted by molar-refractivity contribution is 7.92. The van der Waals surface area contributed by atoms with E-state index in [9.17, 15) is 13.2 Å². The molecule has 1 rings (SSSR count). The Morgan fingerprint density at radius 3 is 2.30 bits per heavy atom. The second kappa shape index (κ2) is 8.20. The molecule has 0 spiro atoms. The van der Waals surface area contributed by atoms with Gasteiger partial charge < -0.3 is 14.7 Å². The number of hydrogen-bond acceptors (Lipinski definition) is 6. The van der Waals surface area contributed by atoms with Gasteiger partial charge in [-0.2, -0.15) is 13.2 Å². The Labute approximate surface area is 118 Å². The Bertz CT molecular complexity index is 403. The van der Waals surface area contributed by atoms with Gasteiger partial charge in [-0.3, -0.25) is 4.18 Å². The lowest BCUT2D eigenvalue weighted by Gasteiger charge is -2.14. The summed E-state index contributed by atoms with van der Waals surface area (Å²) < 4.78 is 51.8. The van der Waals surface area contributed by atoms with Gasteiger partial charge in [0.15, 0.2) is 18.1 Å². The van der Waals surface area contributed by atoms with Gasteiger partial charge in [0.1, 0.15) is 18.8 Å². The standard InChI is InChI=1S/C11H14F3NO4S/c1-15(16)20-19-7-6-17-9-4-2-3-5-10(9)18-8-11(12,13)14/h2-5,16H,6-8H2,1H3. The molecular weight excluding hydrogens is 299 g/mol. The lowest BCUT2D eigenvalue weighted by molar-refractivity contribution is -0.153. The molecule has 0 fully saturated rings. The summed E-state index contributed by atoms with van der Waals surface area (Å²) >= 11 is 0.713. The molecule has 0 saturated heterocycles. The van der Waals surface area contributed by atoms with E-state index in [2.05, 4.69) is 4.74 Å². The van der Waals surface area contributed by atoms with E-state index >= 15 is 0 Å². The summed E-state index contributed by atoms with van der Waals surface area (Å²) in [5, 5.41) is 8.76. The van der Waals surface area contributed by atoms with Crippen molar-refractivity contribution in [2.24, 2.45) is 0 Å². The molecule has 0 aliphatic heterocycles. The number of hydroxylamine groups is 1. The van der Waals surface area contributed by atoms with Gasteiger partial charge in [0.05, 0.1) is 6.61 Å². The van der Waals surface area contributed by atoms with Crippen molar-refractivity contribution < 1.29 is 32.0 Å². The van der Waals surface area contributed by atoms with Crippen molar-refractivity contribution in [2.75, 3.05) is 26.9 Å². The van der Waals surface area contributed by atoms with Crippen LogP contribution in [0.3, 0.4) is 0 Å². The quantitative estimate of drug-likeness (QED) is 0.345. The molecule has 20 heavy (non-hydrogen) atoms. The summed E-state index contributed by atoms with van der Waals surface area (Å²) in [6, 6.07) is 6.05. The van der Waals surface area contributed by atoms with Gasteiger partial charge in [0.2, 0.25) is 0 Å². The molecule has 114 valence electrons. The lowest BCUT2D eigenvalue weighted by atomic mass is 10.3. The lowest BCUT2D eigenvalue weighted by Crippen LogP contribution is -2.19. The van der Waals surface area contributed by atoms with Crippen LogP contribution < -0.4 is 9.47 Å². The number of para-hydroxylation sites is 2. The van der Waals surface area contributed by atoms with Crippen LogP contribution in [0.5, 0.6) is 11.5 Å². The Kier molecular flexibility index (Phi) is 6.93. The molecule has 0 saturated carbocycles. The van der Waals surface area contributed by atoms with Crippen LogP contribution in [-0.2, 0) is 4.18 Å². The first-order chi connectivity index (χ1) is 9.38. The van der Waals surface area contributed by atoms with E-state index in [0.29, 0.717) is 12.2 Å². The highest BCUT2D eigenvalue weighted by Gasteiger charge is 2.28. The minimum absolute atomic E-state index is 0.0109. The van der Waals surface area contributed by atoms with Crippen LogP contribution in [0.1, 0.15) is 0 Å². The van der Waals surface area contributed by atoms with Crippen LogP contribution in [0, 0.1) is 0 Å². The zero-order valence-corrected chi connectivity index (χ0v) is 11.4. The van der Waals surface area contributed by atoms with Crippen molar-refractivity contribution in [1.29, 1.82) is 0 Å². The first-order valence-corrected chi connectivity index (χ1v) is 6.22. The van der Waals surface area contributed by atoms with E-state index in [1.54, 1.807) is 12.1 Å². The number of rotatable bonds is 8. The highest BCUT2D eigenvalue weighted by Crippen LogP contribution is 2.28. The van der Waals surface area contributed by atoms with Gasteiger partial charge in [0.25, 0.3) is 0 Å². The molecule has 0 radical (unpaired) electrons. The number of halogens is 3. The van der Waals surface area contributed by atoms with E-state index in [0.717, 1.165) is 4.47 Å². The minimum atomic E-state index is -4.40. The molecule has 1 aromatic carbocycles. The number of nitrogens with zero attached hydrogens (tertiary/aromatic N) is 1. The minimum Gasteiger partial charge on any atom is -0.487 e. The fraction of sp³-hybridized carbons (Fsp3) is 0.455. The molecular formula is C11H14F3NO4S. The third kappa shape index (κ3) is 7.43. The summed E-state index contributed by atoms with van der Waals surface area (Å²) in [5.41, 5.74) is 0. The third-order valence-corrected chi connectivity index (χ3v) is 2.31. The van der Waals surface area contributed by atoms with Crippen LogP contribution in [0.25, 0.3) is 0 Å². The molecule has 9 heteroatoms. The van der Waals surface area contributed by atoms with Gasteiger partial charge in [0, 0.05) is 7.05 Å². The van der Waals surface area contributed by atoms with Crippen LogP contribution in [0.2, 0.25) is 0 Å². The second-order valence-electron chi connectivity index (χ2n) is 3.56. The predicted octanol–water partition coefficient (Wildman–Crippen LogP) is 2.91. The Morgan fingerprint density at radius 1 is 1.15 bits per heavy atom. The maximum Gasteiger partial charge on any atom is 0.422 e. The molecule has 5 nitrogen and oxygen atoms in total. The molecule has 1 aromatic rings. The first kappa shape index (κ1) is 16.9. The zero-order chi connectivity index (χ0) is 15.0. The Morgan fingerprint density at radius 2 is 1.75 bits per heavy atom. The number of benzene rings is 1. The fourth-order valence-corrected chi connectivity index (χ4v) is 1.44. The zero-order valence-electron chi connectivity index (χ0n) is 10.6. The van der Waals surface area contributed by atoms with Gasteiger partial charge in [-0.1, -0.05) is 12.1 Å². The van der Waals surface area contributed by atoms with Crippen LogP contribution >= 0.6 is 12.2 Å². The highest BCUT2D eigenvalue weighted by atomic mass is 32.2. The average Bonchev–Trinajstić information content (AvgIpc) is 2.36. The maximum absolute atomic E-state index is 12.1. The number of ether oxygens (including phenoxy) is 2. The van der Waals surface area contributed by atoms with Gasteiger partial charge >= 0.3 is 6.18 Å². The maximum atomic E-state index is 12.1. The van der Waals surface area contributed by atoms with E-state index in [1.807, 2.05) is 0 Å². The Hall–Kier alpha value is -1.16. The molecule has 0 unspecified atom stereocenters. The summed E-state index contributed by atoms with van der Waals surface area (Å²) in [4.78, 5) is 0. The summed E-state index contributed by atoms with van der Waals surface area (Å²) in [6.07, 6.45) is -4.40. The molecule has 0 aromatic heterocycles. The topological polar surface area (TPSA) is 51.2 Å². The van der Waals surface area contributed by atoms with Crippen molar-refractivity contribution in [1.82, 2.24) is 4.47 Å². The van der Waals surface area contributed by atoms with E-state index in [-0.39, 0.29) is 24.7 Å². The monoisotopic (exact) mass is 313 g/mol. The third-order valence-electron chi connectivity index (χ3n) is 1.83. The molecule has 0 aliphatic rings. The fourth-order valence-electron chi connectivity index (χ4n) is 1.15. The molecule has 0 aliphatic carbocycles. The van der Waals surface area contributed by atoms with E-state index < -0.39 is 12.8 Å². The largest absolute Gasteiger partial charge is 0.487 e. The van der Waals surface area contributed by atoms with Crippen molar-refractivity contribution in [3.8, 4) is 11.5 Å². The SMILES string of the molecule is CN(O)SOCCOc1ccccc1OCC(F)(F)F. The van der Waals surface area contributed by atoms with E-state index in [1.165, 1.54) is 19.2 Å². The number of hydrogen-bond donors (Lipinski definition) is 1. The normalized spacial score (nSPS) is 11.7.